The van der Waals surface area contributed by atoms with E-state index < -0.39 is 6.10 Å². The molecule has 0 bridgehead atoms. The summed E-state index contributed by atoms with van der Waals surface area (Å²) < 4.78 is 0. The van der Waals surface area contributed by atoms with Crippen LogP contribution in [0.4, 0.5) is 0 Å². The first-order chi connectivity index (χ1) is 11.3. The van der Waals surface area contributed by atoms with Gasteiger partial charge in [-0.25, -0.2) is 0 Å². The van der Waals surface area contributed by atoms with E-state index in [4.69, 9.17) is 5.11 Å². The second kappa shape index (κ2) is 10.3. The highest BCUT2D eigenvalue weighted by molar-refractivity contribution is 8.00. The topological polar surface area (TPSA) is 40.5 Å². The van der Waals surface area contributed by atoms with Gasteiger partial charge in [-0.2, -0.15) is 0 Å². The second-order valence-corrected chi connectivity index (χ2v) is 6.70. The predicted molar refractivity (Wildman–Crippen MR) is 98.5 cm³/mol. The quantitative estimate of drug-likeness (QED) is 0.530. The van der Waals surface area contributed by atoms with Crippen LogP contribution < -0.4 is 0 Å². The molecule has 23 heavy (non-hydrogen) atoms. The molecule has 2 nitrogen and oxygen atoms in total. The molecule has 2 N–H and O–H groups in total. The van der Waals surface area contributed by atoms with Crippen molar-refractivity contribution in [2.45, 2.75) is 35.5 Å². The average molecular weight is 328 g/mol. The van der Waals surface area contributed by atoms with E-state index in [2.05, 4.69) is 36.4 Å². The van der Waals surface area contributed by atoms with Gasteiger partial charge in [-0.15, -0.1) is 11.8 Å². The van der Waals surface area contributed by atoms with Crippen molar-refractivity contribution < 1.29 is 10.2 Å². The van der Waals surface area contributed by atoms with Crippen molar-refractivity contribution in [3.63, 3.8) is 0 Å². The van der Waals surface area contributed by atoms with Crippen molar-refractivity contribution in [1.29, 1.82) is 0 Å². The van der Waals surface area contributed by atoms with Crippen LogP contribution >= 0.6 is 11.8 Å². The Morgan fingerprint density at radius 1 is 0.913 bits per heavy atom. The molecule has 0 aliphatic carbocycles. The smallest absolute Gasteiger partial charge is 0.0697 e. The van der Waals surface area contributed by atoms with Gasteiger partial charge in [-0.3, -0.25) is 0 Å². The first-order valence-electron chi connectivity index (χ1n) is 8.03. The molecule has 0 unspecified atom stereocenters. The molecule has 3 heteroatoms. The highest BCUT2D eigenvalue weighted by atomic mass is 32.2. The van der Waals surface area contributed by atoms with Crippen LogP contribution in [0.25, 0.3) is 6.08 Å². The van der Waals surface area contributed by atoms with Crippen LogP contribution in [0, 0.1) is 0 Å². The van der Waals surface area contributed by atoms with E-state index in [1.807, 2.05) is 36.4 Å². The zero-order valence-corrected chi connectivity index (χ0v) is 14.0. The molecule has 2 atom stereocenters. The maximum absolute atomic E-state index is 10.5. The summed E-state index contributed by atoms with van der Waals surface area (Å²) in [6.07, 6.45) is 5.99. The molecule has 0 aromatic heterocycles. The van der Waals surface area contributed by atoms with E-state index in [0.29, 0.717) is 6.42 Å². The number of hydrogen-bond donors (Lipinski definition) is 2. The number of rotatable bonds is 9. The number of hydrogen-bond acceptors (Lipinski definition) is 3. The highest BCUT2D eigenvalue weighted by Gasteiger charge is 2.17. The van der Waals surface area contributed by atoms with Gasteiger partial charge in [0.25, 0.3) is 0 Å². The van der Waals surface area contributed by atoms with Crippen LogP contribution in [-0.2, 0) is 0 Å². The molecule has 2 aromatic rings. The van der Waals surface area contributed by atoms with Crippen LogP contribution in [0.1, 0.15) is 24.8 Å². The number of thioether (sulfide) groups is 1. The van der Waals surface area contributed by atoms with Crippen molar-refractivity contribution in [3.8, 4) is 0 Å². The van der Waals surface area contributed by atoms with Gasteiger partial charge in [0.15, 0.2) is 0 Å². The van der Waals surface area contributed by atoms with Crippen LogP contribution in [0.15, 0.2) is 71.6 Å². The molecule has 122 valence electrons. The molecule has 0 radical (unpaired) electrons. The van der Waals surface area contributed by atoms with E-state index in [0.717, 1.165) is 23.3 Å². The summed E-state index contributed by atoms with van der Waals surface area (Å²) in [5.74, 6) is 0. The summed E-state index contributed by atoms with van der Waals surface area (Å²) in [5.41, 5.74) is 1.13. The lowest BCUT2D eigenvalue weighted by Crippen LogP contribution is -2.21. The van der Waals surface area contributed by atoms with Crippen LogP contribution in [0.5, 0.6) is 0 Å². The van der Waals surface area contributed by atoms with Crippen molar-refractivity contribution in [3.05, 3.63) is 72.3 Å². The normalized spacial score (nSPS) is 14.0. The van der Waals surface area contributed by atoms with Gasteiger partial charge in [0, 0.05) is 11.5 Å². The van der Waals surface area contributed by atoms with Crippen molar-refractivity contribution in [2.75, 3.05) is 6.61 Å². The van der Waals surface area contributed by atoms with Crippen LogP contribution in [0.2, 0.25) is 0 Å². The Hall–Kier alpha value is -1.55. The minimum absolute atomic E-state index is 0.00343. The monoisotopic (exact) mass is 328 g/mol. The third kappa shape index (κ3) is 6.61. The molecule has 0 fully saturated rings. The van der Waals surface area contributed by atoms with E-state index in [1.54, 1.807) is 11.8 Å². The zero-order valence-electron chi connectivity index (χ0n) is 13.2. The van der Waals surface area contributed by atoms with E-state index in [-0.39, 0.29) is 11.9 Å². The third-order valence-electron chi connectivity index (χ3n) is 3.58. The summed E-state index contributed by atoms with van der Waals surface area (Å²) >= 11 is 1.67. The van der Waals surface area contributed by atoms with Gasteiger partial charge in [-0.05, 0) is 37.0 Å². The summed E-state index contributed by atoms with van der Waals surface area (Å²) in [7, 11) is 0. The van der Waals surface area contributed by atoms with E-state index in [1.165, 1.54) is 0 Å². The highest BCUT2D eigenvalue weighted by Crippen LogP contribution is 2.28. The van der Waals surface area contributed by atoms with E-state index >= 15 is 0 Å². The Morgan fingerprint density at radius 2 is 1.57 bits per heavy atom. The van der Waals surface area contributed by atoms with Crippen molar-refractivity contribution >= 4 is 17.8 Å². The van der Waals surface area contributed by atoms with Gasteiger partial charge in [0.2, 0.25) is 0 Å². The minimum Gasteiger partial charge on any atom is -0.396 e. The summed E-state index contributed by atoms with van der Waals surface area (Å²) in [6, 6.07) is 20.3. The van der Waals surface area contributed by atoms with Crippen LogP contribution in [-0.4, -0.2) is 28.2 Å². The Kier molecular flexibility index (Phi) is 7.95. The molecule has 2 rings (SSSR count). The number of aliphatic hydroxyl groups is 2. The molecule has 0 amide bonds. The van der Waals surface area contributed by atoms with Crippen molar-refractivity contribution in [1.82, 2.24) is 0 Å². The summed E-state index contributed by atoms with van der Waals surface area (Å²) in [5, 5.41) is 19.4. The standard InChI is InChI=1S/C20H24O2S/c21-16-8-7-13-19(22)20(23-18-11-5-2-6-12-18)15-14-17-9-3-1-4-10-17/h1-6,9-12,14-15,19-22H,7-8,13,16H2/t19-,20+/m0/s1. The molecule has 0 spiro atoms. The third-order valence-corrected chi connectivity index (χ3v) is 4.87. The van der Waals surface area contributed by atoms with Gasteiger partial charge >= 0.3 is 0 Å². The predicted octanol–water partition coefficient (Wildman–Crippen LogP) is 4.38. The number of aliphatic hydroxyl groups excluding tert-OH is 2. The number of benzene rings is 2. The first kappa shape index (κ1) is 17.8. The minimum atomic E-state index is -0.424. The van der Waals surface area contributed by atoms with Gasteiger partial charge in [0.1, 0.15) is 0 Å². The van der Waals surface area contributed by atoms with Gasteiger partial charge in [0.05, 0.1) is 11.4 Å². The zero-order chi connectivity index (χ0) is 16.3. The first-order valence-corrected chi connectivity index (χ1v) is 8.91. The molecule has 0 aliphatic heterocycles. The Labute approximate surface area is 142 Å². The van der Waals surface area contributed by atoms with E-state index in [9.17, 15) is 5.11 Å². The fourth-order valence-corrected chi connectivity index (χ4v) is 3.38. The second-order valence-electron chi connectivity index (χ2n) is 5.45. The van der Waals surface area contributed by atoms with Crippen LogP contribution in [0.3, 0.4) is 0 Å². The Balaban J connectivity index is 2.05. The Morgan fingerprint density at radius 3 is 2.22 bits per heavy atom. The summed E-state index contributed by atoms with van der Waals surface area (Å²) in [6.45, 7) is 0.184. The molecule has 0 aliphatic rings. The van der Waals surface area contributed by atoms with Gasteiger partial charge < -0.3 is 10.2 Å². The Bertz CT molecular complexity index is 569. The average Bonchev–Trinajstić information content (AvgIpc) is 2.60. The molecule has 0 heterocycles. The lowest BCUT2D eigenvalue weighted by Gasteiger charge is -2.19. The summed E-state index contributed by atoms with van der Waals surface area (Å²) in [4.78, 5) is 1.15. The maximum Gasteiger partial charge on any atom is 0.0697 e. The number of unbranched alkanes of at least 4 members (excludes halogenated alkanes) is 1. The molecule has 0 saturated carbocycles. The molecule has 2 aromatic carbocycles. The van der Waals surface area contributed by atoms with Gasteiger partial charge in [-0.1, -0.05) is 60.7 Å². The fourth-order valence-electron chi connectivity index (χ4n) is 2.30. The largest absolute Gasteiger partial charge is 0.396 e. The SMILES string of the molecule is OCCCC[C@H](O)[C@@H](C=Cc1ccccc1)Sc1ccccc1. The maximum atomic E-state index is 10.5. The lowest BCUT2D eigenvalue weighted by atomic mass is 10.1. The fraction of sp³-hybridized carbons (Fsp3) is 0.300. The molecule has 0 saturated heterocycles. The molecular formula is C20H24O2S. The molecular weight excluding hydrogens is 304 g/mol. The lowest BCUT2D eigenvalue weighted by molar-refractivity contribution is 0.165. The van der Waals surface area contributed by atoms with Crippen molar-refractivity contribution in [2.24, 2.45) is 0 Å².